The number of fused-ring (bicyclic) bond motifs is 1. The van der Waals surface area contributed by atoms with Gasteiger partial charge in [0.25, 0.3) is 0 Å². The molecule has 0 aliphatic carbocycles. The first-order valence-corrected chi connectivity index (χ1v) is 12.0. The molecule has 1 aliphatic rings. The lowest BCUT2D eigenvalue weighted by Gasteiger charge is -2.32. The third kappa shape index (κ3) is 5.19. The van der Waals surface area contributed by atoms with Gasteiger partial charge >= 0.3 is 5.69 Å². The molecular weight excluding hydrogens is 400 g/mol. The number of sulfonamides is 1. The van der Waals surface area contributed by atoms with Crippen LogP contribution in [0.2, 0.25) is 0 Å². The van der Waals surface area contributed by atoms with Crippen LogP contribution in [0.3, 0.4) is 0 Å². The van der Waals surface area contributed by atoms with E-state index >= 15 is 0 Å². The number of nitrogens with zero attached hydrogens (tertiary/aromatic N) is 1. The van der Waals surface area contributed by atoms with Crippen molar-refractivity contribution in [2.75, 3.05) is 26.2 Å². The topological polar surface area (TPSA) is 98.1 Å². The number of hydrogen-bond acceptors (Lipinski definition) is 4. The summed E-state index contributed by atoms with van der Waals surface area (Å²) in [5, 5.41) is 0. The maximum Gasteiger partial charge on any atom is 0.323 e. The highest BCUT2D eigenvalue weighted by molar-refractivity contribution is 7.89. The maximum absolute atomic E-state index is 12.5. The van der Waals surface area contributed by atoms with Crippen LogP contribution in [-0.4, -0.2) is 49.5 Å². The van der Waals surface area contributed by atoms with Gasteiger partial charge in [-0.3, -0.25) is 0 Å². The highest BCUT2D eigenvalue weighted by atomic mass is 32.2. The summed E-state index contributed by atoms with van der Waals surface area (Å²) in [6, 6.07) is 15.2. The fraction of sp³-hybridized carbons (Fsp3) is 0.409. The molecule has 0 saturated carbocycles. The zero-order valence-corrected chi connectivity index (χ0v) is 17.7. The Morgan fingerprint density at radius 2 is 1.73 bits per heavy atom. The zero-order valence-electron chi connectivity index (χ0n) is 16.9. The molecule has 1 fully saturated rings. The number of benzene rings is 2. The Bertz CT molecular complexity index is 1130. The van der Waals surface area contributed by atoms with Crippen LogP contribution in [0.4, 0.5) is 0 Å². The van der Waals surface area contributed by atoms with Crippen molar-refractivity contribution in [3.8, 4) is 0 Å². The number of piperidine rings is 1. The SMILES string of the molecule is O=c1[nH]c2ccc(S(=O)(=O)NCCCN3CCC(Cc4ccccc4)CC3)cc2[nH]1. The molecule has 1 saturated heterocycles. The van der Waals surface area contributed by atoms with E-state index in [0.717, 1.165) is 38.4 Å². The van der Waals surface area contributed by atoms with Crippen LogP contribution in [0.15, 0.2) is 58.2 Å². The van der Waals surface area contributed by atoms with E-state index in [-0.39, 0.29) is 10.6 Å². The second-order valence-electron chi connectivity index (χ2n) is 8.01. The fourth-order valence-electron chi connectivity index (χ4n) is 4.13. The monoisotopic (exact) mass is 428 g/mol. The van der Waals surface area contributed by atoms with E-state index in [4.69, 9.17) is 0 Å². The Kier molecular flexibility index (Phi) is 6.36. The van der Waals surface area contributed by atoms with Gasteiger partial charge in [-0.1, -0.05) is 30.3 Å². The quantitative estimate of drug-likeness (QED) is 0.480. The van der Waals surface area contributed by atoms with Crippen LogP contribution in [-0.2, 0) is 16.4 Å². The molecule has 7 nitrogen and oxygen atoms in total. The first-order chi connectivity index (χ1) is 14.5. The van der Waals surface area contributed by atoms with Gasteiger partial charge in [-0.2, -0.15) is 0 Å². The molecular formula is C22H28N4O3S. The molecule has 0 atom stereocenters. The van der Waals surface area contributed by atoms with Crippen LogP contribution >= 0.6 is 0 Å². The fourth-order valence-corrected chi connectivity index (χ4v) is 5.23. The number of rotatable bonds is 8. The summed E-state index contributed by atoms with van der Waals surface area (Å²) >= 11 is 0. The number of aromatic nitrogens is 2. The van der Waals surface area contributed by atoms with Crippen molar-refractivity contribution >= 4 is 21.1 Å². The molecule has 30 heavy (non-hydrogen) atoms. The Morgan fingerprint density at radius 1 is 1.00 bits per heavy atom. The number of hydrogen-bond donors (Lipinski definition) is 3. The first-order valence-electron chi connectivity index (χ1n) is 10.5. The Hall–Kier alpha value is -2.42. The molecule has 0 bridgehead atoms. The minimum atomic E-state index is -3.59. The lowest BCUT2D eigenvalue weighted by Crippen LogP contribution is -2.36. The smallest absolute Gasteiger partial charge is 0.306 e. The molecule has 0 amide bonds. The normalized spacial score (nSPS) is 16.3. The number of aromatic amines is 2. The van der Waals surface area contributed by atoms with Crippen LogP contribution in [0.5, 0.6) is 0 Å². The van der Waals surface area contributed by atoms with Gasteiger partial charge in [0.05, 0.1) is 15.9 Å². The second kappa shape index (κ2) is 9.16. The molecule has 0 spiro atoms. The summed E-state index contributed by atoms with van der Waals surface area (Å²) in [6.07, 6.45) is 4.29. The number of nitrogens with one attached hydrogen (secondary N) is 3. The molecule has 0 unspecified atom stereocenters. The van der Waals surface area contributed by atoms with E-state index < -0.39 is 10.0 Å². The predicted molar refractivity (Wildman–Crippen MR) is 118 cm³/mol. The van der Waals surface area contributed by atoms with Crippen LogP contribution < -0.4 is 10.4 Å². The molecule has 3 aromatic rings. The van der Waals surface area contributed by atoms with Crippen molar-refractivity contribution in [3.05, 3.63) is 64.6 Å². The minimum Gasteiger partial charge on any atom is -0.306 e. The largest absolute Gasteiger partial charge is 0.323 e. The number of likely N-dealkylation sites (tertiary alicyclic amines) is 1. The standard InChI is InChI=1S/C22H28N4O3S/c27-22-24-20-8-7-19(16-21(20)25-22)30(28,29)23-11-4-12-26-13-9-18(10-14-26)15-17-5-2-1-3-6-17/h1-3,5-8,16,18,23H,4,9-15H2,(H2,24,25,27). The Morgan fingerprint density at radius 3 is 2.50 bits per heavy atom. The molecule has 0 radical (unpaired) electrons. The highest BCUT2D eigenvalue weighted by Gasteiger charge is 2.20. The van der Waals surface area contributed by atoms with Crippen molar-refractivity contribution in [3.63, 3.8) is 0 Å². The molecule has 8 heteroatoms. The van der Waals surface area contributed by atoms with Gasteiger partial charge in [-0.25, -0.2) is 17.9 Å². The third-order valence-electron chi connectivity index (χ3n) is 5.82. The summed E-state index contributed by atoms with van der Waals surface area (Å²) in [5.41, 5.74) is 2.14. The molecule has 2 aromatic carbocycles. The van der Waals surface area contributed by atoms with E-state index in [1.165, 1.54) is 30.5 Å². The van der Waals surface area contributed by atoms with Crippen molar-refractivity contribution in [1.82, 2.24) is 19.6 Å². The molecule has 4 rings (SSSR count). The van der Waals surface area contributed by atoms with Crippen molar-refractivity contribution in [2.24, 2.45) is 5.92 Å². The van der Waals surface area contributed by atoms with Crippen molar-refractivity contribution < 1.29 is 8.42 Å². The van der Waals surface area contributed by atoms with Gasteiger partial charge in [0.15, 0.2) is 0 Å². The summed E-state index contributed by atoms with van der Waals surface area (Å²) in [4.78, 5) is 19.1. The van der Waals surface area contributed by atoms with E-state index in [1.54, 1.807) is 6.07 Å². The summed E-state index contributed by atoms with van der Waals surface area (Å²) in [7, 11) is -3.59. The van der Waals surface area contributed by atoms with Crippen molar-refractivity contribution in [1.29, 1.82) is 0 Å². The molecule has 3 N–H and O–H groups in total. The summed E-state index contributed by atoms with van der Waals surface area (Å²) in [5.74, 6) is 0.733. The van der Waals surface area contributed by atoms with Gasteiger partial charge in [-0.05, 0) is 75.0 Å². The average molecular weight is 429 g/mol. The van der Waals surface area contributed by atoms with Gasteiger partial charge in [0, 0.05) is 6.54 Å². The van der Waals surface area contributed by atoms with E-state index in [2.05, 4.69) is 49.9 Å². The van der Waals surface area contributed by atoms with Gasteiger partial charge < -0.3 is 14.9 Å². The molecule has 160 valence electrons. The summed E-state index contributed by atoms with van der Waals surface area (Å²) in [6.45, 7) is 3.43. The van der Waals surface area contributed by atoms with Crippen LogP contribution in [0, 0.1) is 5.92 Å². The van der Waals surface area contributed by atoms with E-state index in [1.807, 2.05) is 0 Å². The predicted octanol–water partition coefficient (Wildman–Crippen LogP) is 2.48. The summed E-state index contributed by atoms with van der Waals surface area (Å²) < 4.78 is 27.7. The zero-order chi connectivity index (χ0) is 21.0. The van der Waals surface area contributed by atoms with Crippen LogP contribution in [0.1, 0.15) is 24.8 Å². The lowest BCUT2D eigenvalue weighted by atomic mass is 9.90. The highest BCUT2D eigenvalue weighted by Crippen LogP contribution is 2.21. The average Bonchev–Trinajstić information content (AvgIpc) is 3.12. The molecule has 1 aliphatic heterocycles. The second-order valence-corrected chi connectivity index (χ2v) is 9.78. The maximum atomic E-state index is 12.5. The first kappa shape index (κ1) is 20.8. The van der Waals surface area contributed by atoms with E-state index in [9.17, 15) is 13.2 Å². The Labute approximate surface area is 176 Å². The minimum absolute atomic E-state index is 0.159. The lowest BCUT2D eigenvalue weighted by molar-refractivity contribution is 0.183. The Balaban J connectivity index is 1.20. The molecule has 1 aromatic heterocycles. The van der Waals surface area contributed by atoms with Gasteiger partial charge in [0.1, 0.15) is 0 Å². The molecule has 2 heterocycles. The van der Waals surface area contributed by atoms with Gasteiger partial charge in [0.2, 0.25) is 10.0 Å². The third-order valence-corrected chi connectivity index (χ3v) is 7.27. The van der Waals surface area contributed by atoms with Gasteiger partial charge in [-0.15, -0.1) is 0 Å². The van der Waals surface area contributed by atoms with Crippen LogP contribution in [0.25, 0.3) is 11.0 Å². The number of imidazole rings is 1. The van der Waals surface area contributed by atoms with Crippen molar-refractivity contribution in [2.45, 2.75) is 30.6 Å². The van der Waals surface area contributed by atoms with E-state index in [0.29, 0.717) is 17.6 Å². The number of H-pyrrole nitrogens is 2.